The number of allylic oxidation sites excluding steroid dienone is 4. The average Bonchev–Trinajstić information content (AvgIpc) is 2.59. The highest BCUT2D eigenvalue weighted by Gasteiger charge is 2.01. The zero-order chi connectivity index (χ0) is 17.7. The topological polar surface area (TPSA) is 26.3 Å². The van der Waals surface area contributed by atoms with Crippen LogP contribution in [0, 0.1) is 0 Å². The van der Waals surface area contributed by atoms with Gasteiger partial charge in [-0.15, -0.1) is 0 Å². The largest absolute Gasteiger partial charge is 0.466 e. The van der Waals surface area contributed by atoms with Crippen LogP contribution in [0.2, 0.25) is 0 Å². The van der Waals surface area contributed by atoms with Crippen LogP contribution >= 0.6 is 0 Å². The molecule has 0 heterocycles. The quantitative estimate of drug-likeness (QED) is 0.160. The lowest BCUT2D eigenvalue weighted by atomic mass is 10.1. The second-order valence-electron chi connectivity index (χ2n) is 6.54. The maximum Gasteiger partial charge on any atom is 0.305 e. The van der Waals surface area contributed by atoms with Crippen molar-refractivity contribution in [3.63, 3.8) is 0 Å². The Balaban J connectivity index is 3.27. The summed E-state index contributed by atoms with van der Waals surface area (Å²) in [5, 5.41) is 0. The molecule has 0 aromatic carbocycles. The minimum Gasteiger partial charge on any atom is -0.466 e. The van der Waals surface area contributed by atoms with Gasteiger partial charge >= 0.3 is 5.97 Å². The normalized spacial score (nSPS) is 11.6. The molecule has 0 saturated heterocycles. The van der Waals surface area contributed by atoms with E-state index in [-0.39, 0.29) is 5.97 Å². The van der Waals surface area contributed by atoms with E-state index < -0.39 is 0 Å². The molecule has 0 atom stereocenters. The Hall–Kier alpha value is -1.05. The maximum absolute atomic E-state index is 11.6. The highest BCUT2D eigenvalue weighted by Crippen LogP contribution is 2.07. The van der Waals surface area contributed by atoms with Crippen molar-refractivity contribution in [2.45, 2.75) is 104 Å². The molecule has 0 aliphatic carbocycles. The number of esters is 1. The Kier molecular flexibility index (Phi) is 19.1. The molecule has 0 N–H and O–H groups in total. The van der Waals surface area contributed by atoms with Gasteiger partial charge in [0.2, 0.25) is 0 Å². The van der Waals surface area contributed by atoms with Gasteiger partial charge in [-0.1, -0.05) is 70.3 Å². The molecule has 0 unspecified atom stereocenters. The van der Waals surface area contributed by atoms with Crippen molar-refractivity contribution in [1.82, 2.24) is 0 Å². The van der Waals surface area contributed by atoms with Crippen molar-refractivity contribution in [1.29, 1.82) is 0 Å². The van der Waals surface area contributed by atoms with E-state index >= 15 is 0 Å². The molecule has 0 aromatic heterocycles. The Bertz CT molecular complexity index is 288. The van der Waals surface area contributed by atoms with E-state index in [2.05, 4.69) is 38.2 Å². The van der Waals surface area contributed by atoms with E-state index in [4.69, 9.17) is 4.74 Å². The van der Waals surface area contributed by atoms with Gasteiger partial charge in [0.1, 0.15) is 0 Å². The fourth-order valence-electron chi connectivity index (χ4n) is 2.45. The lowest BCUT2D eigenvalue weighted by Crippen LogP contribution is -2.05. The third-order valence-corrected chi connectivity index (χ3v) is 4.06. The zero-order valence-corrected chi connectivity index (χ0v) is 16.2. The number of ether oxygens (including phenoxy) is 1. The first-order valence-electron chi connectivity index (χ1n) is 10.3. The summed E-state index contributed by atoms with van der Waals surface area (Å²) in [5.41, 5.74) is 0. The molecule has 0 fully saturated rings. The van der Waals surface area contributed by atoms with Gasteiger partial charge in [0.15, 0.2) is 0 Å². The number of carbonyl (C=O) groups is 1. The number of carbonyl (C=O) groups excluding carboxylic acids is 1. The van der Waals surface area contributed by atoms with Gasteiger partial charge in [-0.05, 0) is 51.4 Å². The van der Waals surface area contributed by atoms with E-state index in [9.17, 15) is 4.79 Å². The van der Waals surface area contributed by atoms with Crippen LogP contribution in [0.5, 0.6) is 0 Å². The first-order valence-corrected chi connectivity index (χ1v) is 10.3. The van der Waals surface area contributed by atoms with Crippen molar-refractivity contribution >= 4 is 5.97 Å². The Morgan fingerprint density at radius 2 is 1.17 bits per heavy atom. The molecule has 24 heavy (non-hydrogen) atoms. The van der Waals surface area contributed by atoms with Gasteiger partial charge < -0.3 is 4.74 Å². The smallest absolute Gasteiger partial charge is 0.305 e. The van der Waals surface area contributed by atoms with Crippen molar-refractivity contribution < 1.29 is 9.53 Å². The van der Waals surface area contributed by atoms with E-state index in [1.165, 1.54) is 44.9 Å². The predicted molar refractivity (Wildman–Crippen MR) is 105 cm³/mol. The minimum absolute atomic E-state index is 0.0213. The number of hydrogen-bond acceptors (Lipinski definition) is 2. The molecule has 0 aromatic rings. The standard InChI is InChI=1S/C22H40O2/c1-3-5-7-9-11-13-14-16-18-20-22(23)24-21-19-17-15-12-10-8-6-4-2/h9-12H,3-8,13-21H2,1-2H3/b11-9-,12-10-. The van der Waals surface area contributed by atoms with Gasteiger partial charge in [-0.2, -0.15) is 0 Å². The van der Waals surface area contributed by atoms with E-state index in [1.807, 2.05) is 0 Å². The highest BCUT2D eigenvalue weighted by atomic mass is 16.5. The molecule has 0 saturated carbocycles. The first-order chi connectivity index (χ1) is 11.8. The summed E-state index contributed by atoms with van der Waals surface area (Å²) >= 11 is 0. The van der Waals surface area contributed by atoms with Crippen LogP contribution in [-0.4, -0.2) is 12.6 Å². The lowest BCUT2D eigenvalue weighted by Gasteiger charge is -2.04. The molecular weight excluding hydrogens is 296 g/mol. The number of unbranched alkanes of at least 4 members (excludes halogenated alkanes) is 9. The van der Waals surface area contributed by atoms with E-state index in [1.54, 1.807) is 0 Å². The second-order valence-corrected chi connectivity index (χ2v) is 6.54. The van der Waals surface area contributed by atoms with E-state index in [0.29, 0.717) is 13.0 Å². The van der Waals surface area contributed by atoms with Gasteiger partial charge in [-0.25, -0.2) is 0 Å². The molecule has 0 radical (unpaired) electrons. The number of hydrogen-bond donors (Lipinski definition) is 0. The van der Waals surface area contributed by atoms with Gasteiger partial charge in [-0.3, -0.25) is 4.79 Å². The summed E-state index contributed by atoms with van der Waals surface area (Å²) in [4.78, 5) is 11.6. The van der Waals surface area contributed by atoms with Crippen molar-refractivity contribution in [3.8, 4) is 0 Å². The Morgan fingerprint density at radius 3 is 1.71 bits per heavy atom. The van der Waals surface area contributed by atoms with Crippen LogP contribution in [0.15, 0.2) is 24.3 Å². The third-order valence-electron chi connectivity index (χ3n) is 4.06. The van der Waals surface area contributed by atoms with Crippen LogP contribution in [0.25, 0.3) is 0 Å². The summed E-state index contributed by atoms with van der Waals surface area (Å²) in [6.45, 7) is 5.02. The Labute approximate surface area is 150 Å². The molecule has 0 aliphatic heterocycles. The van der Waals surface area contributed by atoms with Crippen LogP contribution < -0.4 is 0 Å². The zero-order valence-electron chi connectivity index (χ0n) is 16.2. The summed E-state index contributed by atoms with van der Waals surface area (Å²) in [6.07, 6.45) is 24.8. The van der Waals surface area contributed by atoms with Gasteiger partial charge in [0, 0.05) is 6.42 Å². The average molecular weight is 337 g/mol. The number of rotatable bonds is 17. The van der Waals surface area contributed by atoms with Gasteiger partial charge in [0.05, 0.1) is 6.61 Å². The second kappa shape index (κ2) is 20.0. The first kappa shape index (κ1) is 22.9. The third kappa shape index (κ3) is 19.0. The van der Waals surface area contributed by atoms with Crippen molar-refractivity contribution in [2.75, 3.05) is 6.61 Å². The van der Waals surface area contributed by atoms with Crippen LogP contribution in [-0.2, 0) is 9.53 Å². The fraction of sp³-hybridized carbons (Fsp3) is 0.773. The molecule has 0 bridgehead atoms. The molecule has 0 rings (SSSR count). The molecule has 140 valence electrons. The van der Waals surface area contributed by atoms with Crippen molar-refractivity contribution in [2.24, 2.45) is 0 Å². The molecular formula is C22H40O2. The molecule has 0 aliphatic rings. The van der Waals surface area contributed by atoms with Crippen LogP contribution in [0.4, 0.5) is 0 Å². The molecule has 2 heteroatoms. The molecule has 2 nitrogen and oxygen atoms in total. The highest BCUT2D eigenvalue weighted by molar-refractivity contribution is 5.69. The summed E-state index contributed by atoms with van der Waals surface area (Å²) in [6, 6.07) is 0. The molecule has 0 amide bonds. The maximum atomic E-state index is 11.6. The Morgan fingerprint density at radius 1 is 0.667 bits per heavy atom. The fourth-order valence-corrected chi connectivity index (χ4v) is 2.45. The summed E-state index contributed by atoms with van der Waals surface area (Å²) < 4.78 is 5.28. The summed E-state index contributed by atoms with van der Waals surface area (Å²) in [7, 11) is 0. The minimum atomic E-state index is -0.0213. The van der Waals surface area contributed by atoms with Crippen LogP contribution in [0.1, 0.15) is 104 Å². The SMILES string of the molecule is CCCC/C=C\CCCCCC(=O)OCCCC/C=C\CCCC. The molecule has 0 spiro atoms. The predicted octanol–water partition coefficient (Wildman–Crippen LogP) is 7.14. The van der Waals surface area contributed by atoms with E-state index in [0.717, 1.165) is 38.5 Å². The lowest BCUT2D eigenvalue weighted by molar-refractivity contribution is -0.143. The van der Waals surface area contributed by atoms with Crippen molar-refractivity contribution in [3.05, 3.63) is 24.3 Å². The van der Waals surface area contributed by atoms with Crippen LogP contribution in [0.3, 0.4) is 0 Å². The monoisotopic (exact) mass is 336 g/mol. The summed E-state index contributed by atoms with van der Waals surface area (Å²) in [5.74, 6) is -0.0213. The van der Waals surface area contributed by atoms with Gasteiger partial charge in [0.25, 0.3) is 0 Å².